The van der Waals surface area contributed by atoms with E-state index in [-0.39, 0.29) is 11.9 Å². The predicted octanol–water partition coefficient (Wildman–Crippen LogP) is 0.530. The molecule has 0 aliphatic carbocycles. The van der Waals surface area contributed by atoms with E-state index in [0.29, 0.717) is 6.54 Å². The normalized spacial score (nSPS) is 18.5. The predicted molar refractivity (Wildman–Crippen MR) is 75.3 cm³/mol. The molecule has 1 amide bonds. The first-order valence-electron chi connectivity index (χ1n) is 7.14. The lowest BCUT2D eigenvalue weighted by Crippen LogP contribution is -2.40. The van der Waals surface area contributed by atoms with Gasteiger partial charge in [-0.25, -0.2) is 0 Å². The minimum Gasteiger partial charge on any atom is -0.355 e. The Labute approximate surface area is 117 Å². The second-order valence-corrected chi connectivity index (χ2v) is 5.09. The summed E-state index contributed by atoms with van der Waals surface area (Å²) in [5.41, 5.74) is 0.863. The molecule has 0 spiro atoms. The minimum absolute atomic E-state index is 0.00363. The average Bonchev–Trinajstić information content (AvgIpc) is 3.13. The van der Waals surface area contributed by atoms with Crippen molar-refractivity contribution < 1.29 is 4.79 Å². The number of carbonyl (C=O) groups is 1. The van der Waals surface area contributed by atoms with Gasteiger partial charge < -0.3 is 10.6 Å². The second-order valence-electron chi connectivity index (χ2n) is 5.09. The van der Waals surface area contributed by atoms with E-state index < -0.39 is 0 Å². The van der Waals surface area contributed by atoms with Crippen molar-refractivity contribution in [3.05, 3.63) is 30.2 Å². The maximum absolute atomic E-state index is 11.8. The highest BCUT2D eigenvalue weighted by molar-refractivity contribution is 5.81. The molecular weight excluding hydrogens is 254 g/mol. The van der Waals surface area contributed by atoms with Crippen LogP contribution in [0.15, 0.2) is 24.4 Å². The van der Waals surface area contributed by atoms with Crippen molar-refractivity contribution >= 4 is 11.6 Å². The van der Waals surface area contributed by atoms with Gasteiger partial charge in [0, 0.05) is 19.2 Å². The zero-order valence-corrected chi connectivity index (χ0v) is 11.4. The van der Waals surface area contributed by atoms with Crippen molar-refractivity contribution in [2.45, 2.75) is 31.7 Å². The summed E-state index contributed by atoms with van der Waals surface area (Å²) in [4.78, 5) is 11.8. The van der Waals surface area contributed by atoms with E-state index in [2.05, 4.69) is 20.8 Å². The number of nitrogens with one attached hydrogen (secondary N) is 2. The zero-order valence-electron chi connectivity index (χ0n) is 11.4. The van der Waals surface area contributed by atoms with Crippen LogP contribution in [0.2, 0.25) is 0 Å². The molecule has 6 heteroatoms. The molecule has 0 aromatic carbocycles. The number of rotatable bonds is 5. The van der Waals surface area contributed by atoms with Gasteiger partial charge in [0.1, 0.15) is 5.82 Å². The molecule has 3 heterocycles. The van der Waals surface area contributed by atoms with E-state index in [4.69, 9.17) is 0 Å². The molecule has 1 unspecified atom stereocenters. The van der Waals surface area contributed by atoms with Crippen molar-refractivity contribution in [3.63, 3.8) is 0 Å². The second kappa shape index (κ2) is 6.00. The van der Waals surface area contributed by atoms with Gasteiger partial charge in [0.2, 0.25) is 5.91 Å². The van der Waals surface area contributed by atoms with E-state index >= 15 is 0 Å². The Morgan fingerprint density at radius 1 is 1.45 bits per heavy atom. The molecule has 6 nitrogen and oxygen atoms in total. The maximum Gasteiger partial charge on any atom is 0.237 e. The van der Waals surface area contributed by atoms with Crippen LogP contribution in [0.3, 0.4) is 0 Å². The number of amides is 1. The lowest BCUT2D eigenvalue weighted by molar-refractivity contribution is -0.122. The fraction of sp³-hybridized carbons (Fsp3) is 0.500. The molecule has 20 heavy (non-hydrogen) atoms. The van der Waals surface area contributed by atoms with Crippen LogP contribution in [0.25, 0.3) is 5.65 Å². The Balaban J connectivity index is 1.47. The molecule has 0 saturated carbocycles. The van der Waals surface area contributed by atoms with Crippen LogP contribution >= 0.6 is 0 Å². The fourth-order valence-electron chi connectivity index (χ4n) is 2.55. The molecule has 106 valence electrons. The topological polar surface area (TPSA) is 71.3 Å². The first kappa shape index (κ1) is 13.1. The molecular formula is C14H19N5O. The van der Waals surface area contributed by atoms with Gasteiger partial charge in [-0.05, 0) is 37.9 Å². The Hall–Kier alpha value is -1.95. The van der Waals surface area contributed by atoms with Crippen molar-refractivity contribution in [2.75, 3.05) is 13.1 Å². The number of fused-ring (bicyclic) bond motifs is 1. The standard InChI is InChI=1S/C14H19N5O/c20-14(11-5-3-8-15-11)16-9-4-7-13-18-17-12-6-1-2-10-19(12)13/h1-2,6,10-11,15H,3-5,7-9H2,(H,16,20). The minimum atomic E-state index is 0.00363. The molecule has 1 atom stereocenters. The quantitative estimate of drug-likeness (QED) is 0.780. The van der Waals surface area contributed by atoms with Crippen molar-refractivity contribution in [3.8, 4) is 0 Å². The zero-order chi connectivity index (χ0) is 13.8. The van der Waals surface area contributed by atoms with Crippen LogP contribution in [0, 0.1) is 0 Å². The lowest BCUT2D eigenvalue weighted by atomic mass is 10.2. The third-order valence-electron chi connectivity index (χ3n) is 3.64. The highest BCUT2D eigenvalue weighted by Crippen LogP contribution is 2.06. The van der Waals surface area contributed by atoms with Gasteiger partial charge in [0.25, 0.3) is 0 Å². The van der Waals surface area contributed by atoms with Crippen LogP contribution in [0.4, 0.5) is 0 Å². The summed E-state index contributed by atoms with van der Waals surface area (Å²) >= 11 is 0. The summed E-state index contributed by atoms with van der Waals surface area (Å²) in [7, 11) is 0. The number of hydrogen-bond donors (Lipinski definition) is 2. The molecule has 0 bridgehead atoms. The Kier molecular flexibility index (Phi) is 3.92. The van der Waals surface area contributed by atoms with Gasteiger partial charge in [-0.1, -0.05) is 6.07 Å². The Bertz CT molecular complexity index is 588. The Morgan fingerprint density at radius 2 is 2.40 bits per heavy atom. The molecule has 1 fully saturated rings. The number of aryl methyl sites for hydroxylation is 1. The summed E-state index contributed by atoms with van der Waals surface area (Å²) < 4.78 is 1.99. The molecule has 1 saturated heterocycles. The van der Waals surface area contributed by atoms with E-state index in [9.17, 15) is 4.79 Å². The number of carbonyl (C=O) groups excluding carboxylic acids is 1. The van der Waals surface area contributed by atoms with Gasteiger partial charge in [-0.15, -0.1) is 10.2 Å². The van der Waals surface area contributed by atoms with Crippen LogP contribution in [0.5, 0.6) is 0 Å². The van der Waals surface area contributed by atoms with E-state index in [0.717, 1.165) is 43.7 Å². The molecule has 2 aromatic heterocycles. The van der Waals surface area contributed by atoms with Crippen molar-refractivity contribution in [1.29, 1.82) is 0 Å². The lowest BCUT2D eigenvalue weighted by Gasteiger charge is -2.10. The van der Waals surface area contributed by atoms with Crippen molar-refractivity contribution in [1.82, 2.24) is 25.2 Å². The smallest absolute Gasteiger partial charge is 0.237 e. The summed E-state index contributed by atoms with van der Waals surface area (Å²) in [6.45, 7) is 1.63. The van der Waals surface area contributed by atoms with Crippen molar-refractivity contribution in [2.24, 2.45) is 0 Å². The summed E-state index contributed by atoms with van der Waals surface area (Å²) in [6, 6.07) is 5.85. The molecule has 1 aliphatic heterocycles. The molecule has 3 rings (SSSR count). The SMILES string of the molecule is O=C(NCCCc1nnc2ccccn12)C1CCCN1. The van der Waals surface area contributed by atoms with E-state index in [1.54, 1.807) is 0 Å². The molecule has 0 radical (unpaired) electrons. The van der Waals surface area contributed by atoms with Gasteiger partial charge in [0.15, 0.2) is 5.65 Å². The van der Waals surface area contributed by atoms with Gasteiger partial charge in [-0.2, -0.15) is 0 Å². The molecule has 2 aromatic rings. The highest BCUT2D eigenvalue weighted by atomic mass is 16.2. The monoisotopic (exact) mass is 273 g/mol. The average molecular weight is 273 g/mol. The van der Waals surface area contributed by atoms with E-state index in [1.165, 1.54) is 0 Å². The van der Waals surface area contributed by atoms with E-state index in [1.807, 2.05) is 28.8 Å². The van der Waals surface area contributed by atoms with Gasteiger partial charge in [0.05, 0.1) is 6.04 Å². The van der Waals surface area contributed by atoms with Crippen LogP contribution in [-0.4, -0.2) is 39.6 Å². The summed E-state index contributed by atoms with van der Waals surface area (Å²) in [5, 5.41) is 14.5. The third kappa shape index (κ3) is 2.80. The number of pyridine rings is 1. The highest BCUT2D eigenvalue weighted by Gasteiger charge is 2.21. The summed E-state index contributed by atoms with van der Waals surface area (Å²) in [5.74, 6) is 1.06. The summed E-state index contributed by atoms with van der Waals surface area (Å²) in [6.07, 6.45) is 5.67. The fourth-order valence-corrected chi connectivity index (χ4v) is 2.55. The first-order chi connectivity index (χ1) is 9.84. The maximum atomic E-state index is 11.8. The van der Waals surface area contributed by atoms with Gasteiger partial charge >= 0.3 is 0 Å². The molecule has 1 aliphatic rings. The largest absolute Gasteiger partial charge is 0.355 e. The number of aromatic nitrogens is 3. The third-order valence-corrected chi connectivity index (χ3v) is 3.64. The molecule has 2 N–H and O–H groups in total. The Morgan fingerprint density at radius 3 is 3.25 bits per heavy atom. The van der Waals surface area contributed by atoms with Crippen LogP contribution < -0.4 is 10.6 Å². The number of nitrogens with zero attached hydrogens (tertiary/aromatic N) is 3. The van der Waals surface area contributed by atoms with Gasteiger partial charge in [-0.3, -0.25) is 9.20 Å². The number of hydrogen-bond acceptors (Lipinski definition) is 4. The first-order valence-corrected chi connectivity index (χ1v) is 7.14. The van der Waals surface area contributed by atoms with Crippen LogP contribution in [-0.2, 0) is 11.2 Å². The van der Waals surface area contributed by atoms with Crippen LogP contribution in [0.1, 0.15) is 25.1 Å².